The van der Waals surface area contributed by atoms with Crippen molar-refractivity contribution in [1.29, 1.82) is 0 Å². The van der Waals surface area contributed by atoms with Crippen LogP contribution in [0.25, 0.3) is 0 Å². The van der Waals surface area contributed by atoms with Crippen LogP contribution in [0, 0.1) is 5.82 Å². The topological polar surface area (TPSA) is 49.3 Å². The summed E-state index contributed by atoms with van der Waals surface area (Å²) in [7, 11) is 0. The molecule has 0 heterocycles. The lowest BCUT2D eigenvalue weighted by Gasteiger charge is -2.09. The molecule has 3 nitrogen and oxygen atoms in total. The van der Waals surface area contributed by atoms with Crippen LogP contribution in [0.15, 0.2) is 46.9 Å². The highest BCUT2D eigenvalue weighted by atomic mass is 79.9. The van der Waals surface area contributed by atoms with Gasteiger partial charge in [0.15, 0.2) is 0 Å². The van der Waals surface area contributed by atoms with E-state index in [9.17, 15) is 9.18 Å². The molecule has 2 aromatic carbocycles. The molecule has 0 radical (unpaired) electrons. The molecule has 0 amide bonds. The Hall–Kier alpha value is -1.88. The molecule has 0 saturated heterocycles. The molecule has 0 spiro atoms. The number of halogens is 2. The number of aromatic carboxylic acids is 1. The van der Waals surface area contributed by atoms with Gasteiger partial charge >= 0.3 is 5.97 Å². The van der Waals surface area contributed by atoms with Gasteiger partial charge in [0, 0.05) is 16.7 Å². The van der Waals surface area contributed by atoms with Gasteiger partial charge in [-0.05, 0) is 51.8 Å². The fourth-order valence-corrected chi connectivity index (χ4v) is 2.11. The molecule has 98 valence electrons. The average molecular weight is 324 g/mol. The van der Waals surface area contributed by atoms with Crippen molar-refractivity contribution < 1.29 is 14.3 Å². The third kappa shape index (κ3) is 3.54. The van der Waals surface area contributed by atoms with Crippen LogP contribution in [0.1, 0.15) is 15.9 Å². The SMILES string of the molecule is O=C(O)c1ccc(NCc2ccc(F)cc2)c(Br)c1. The van der Waals surface area contributed by atoms with E-state index < -0.39 is 5.97 Å². The second-order valence-electron chi connectivity index (χ2n) is 3.98. The van der Waals surface area contributed by atoms with Gasteiger partial charge in [-0.2, -0.15) is 0 Å². The number of carbonyl (C=O) groups is 1. The van der Waals surface area contributed by atoms with Crippen molar-refractivity contribution in [3.05, 3.63) is 63.9 Å². The van der Waals surface area contributed by atoms with Crippen molar-refractivity contribution in [3.8, 4) is 0 Å². The fraction of sp³-hybridized carbons (Fsp3) is 0.0714. The highest BCUT2D eigenvalue weighted by molar-refractivity contribution is 9.10. The maximum atomic E-state index is 12.8. The number of carboxylic acids is 1. The predicted octanol–water partition coefficient (Wildman–Crippen LogP) is 3.90. The van der Waals surface area contributed by atoms with Gasteiger partial charge in [0.2, 0.25) is 0 Å². The van der Waals surface area contributed by atoms with E-state index in [1.165, 1.54) is 24.3 Å². The van der Waals surface area contributed by atoms with E-state index in [0.29, 0.717) is 11.0 Å². The van der Waals surface area contributed by atoms with Gasteiger partial charge in [-0.15, -0.1) is 0 Å². The number of anilines is 1. The molecule has 0 aliphatic rings. The van der Waals surface area contributed by atoms with Crippen LogP contribution in [-0.2, 0) is 6.54 Å². The van der Waals surface area contributed by atoms with Crippen molar-refractivity contribution >= 4 is 27.6 Å². The lowest BCUT2D eigenvalue weighted by molar-refractivity contribution is 0.0697. The first-order valence-electron chi connectivity index (χ1n) is 5.57. The highest BCUT2D eigenvalue weighted by Gasteiger charge is 2.06. The van der Waals surface area contributed by atoms with Crippen LogP contribution in [0.3, 0.4) is 0 Å². The minimum Gasteiger partial charge on any atom is -0.478 e. The number of hydrogen-bond donors (Lipinski definition) is 2. The molecule has 0 unspecified atom stereocenters. The van der Waals surface area contributed by atoms with Crippen LogP contribution >= 0.6 is 15.9 Å². The molecule has 5 heteroatoms. The zero-order chi connectivity index (χ0) is 13.8. The molecule has 0 aromatic heterocycles. The van der Waals surface area contributed by atoms with Crippen molar-refractivity contribution in [2.75, 3.05) is 5.32 Å². The zero-order valence-corrected chi connectivity index (χ0v) is 11.4. The Balaban J connectivity index is 2.07. The van der Waals surface area contributed by atoms with E-state index in [2.05, 4.69) is 21.2 Å². The van der Waals surface area contributed by atoms with E-state index in [0.717, 1.165) is 11.3 Å². The largest absolute Gasteiger partial charge is 0.478 e. The molecule has 0 bridgehead atoms. The van der Waals surface area contributed by atoms with E-state index in [1.807, 2.05) is 0 Å². The quantitative estimate of drug-likeness (QED) is 0.897. The number of benzene rings is 2. The summed E-state index contributed by atoms with van der Waals surface area (Å²) in [6, 6.07) is 11.0. The molecule has 0 fully saturated rings. The minimum absolute atomic E-state index is 0.221. The van der Waals surface area contributed by atoms with Crippen LogP contribution in [0.5, 0.6) is 0 Å². The van der Waals surface area contributed by atoms with Gasteiger partial charge in [-0.25, -0.2) is 9.18 Å². The van der Waals surface area contributed by atoms with Gasteiger partial charge in [-0.3, -0.25) is 0 Å². The van der Waals surface area contributed by atoms with Crippen molar-refractivity contribution in [2.45, 2.75) is 6.54 Å². The van der Waals surface area contributed by atoms with Gasteiger partial charge in [0.25, 0.3) is 0 Å². The van der Waals surface area contributed by atoms with E-state index in [4.69, 9.17) is 5.11 Å². The first-order chi connectivity index (χ1) is 9.06. The molecule has 0 atom stereocenters. The molecule has 2 aromatic rings. The highest BCUT2D eigenvalue weighted by Crippen LogP contribution is 2.24. The Kier molecular flexibility index (Phi) is 4.16. The van der Waals surface area contributed by atoms with Crippen molar-refractivity contribution in [1.82, 2.24) is 0 Å². The Morgan fingerprint density at radius 3 is 2.47 bits per heavy atom. The van der Waals surface area contributed by atoms with Crippen LogP contribution < -0.4 is 5.32 Å². The fourth-order valence-electron chi connectivity index (χ4n) is 1.59. The van der Waals surface area contributed by atoms with E-state index >= 15 is 0 Å². The smallest absolute Gasteiger partial charge is 0.335 e. The number of hydrogen-bond acceptors (Lipinski definition) is 2. The summed E-state index contributed by atoms with van der Waals surface area (Å²) in [5.74, 6) is -1.23. The van der Waals surface area contributed by atoms with Crippen molar-refractivity contribution in [2.24, 2.45) is 0 Å². The Morgan fingerprint density at radius 2 is 1.89 bits per heavy atom. The summed E-state index contributed by atoms with van der Waals surface area (Å²) in [6.07, 6.45) is 0. The van der Waals surface area contributed by atoms with Gasteiger partial charge in [0.05, 0.1) is 5.56 Å². The van der Waals surface area contributed by atoms with E-state index in [-0.39, 0.29) is 11.4 Å². The predicted molar refractivity (Wildman–Crippen MR) is 74.8 cm³/mol. The Bertz CT molecular complexity index is 599. The third-order valence-corrected chi connectivity index (χ3v) is 3.27. The molecule has 0 saturated carbocycles. The average Bonchev–Trinajstić information content (AvgIpc) is 2.39. The minimum atomic E-state index is -0.967. The van der Waals surface area contributed by atoms with Crippen LogP contribution in [0.2, 0.25) is 0 Å². The monoisotopic (exact) mass is 323 g/mol. The van der Waals surface area contributed by atoms with Crippen LogP contribution in [-0.4, -0.2) is 11.1 Å². The number of nitrogens with one attached hydrogen (secondary N) is 1. The standard InChI is InChI=1S/C14H11BrFNO2/c15-12-7-10(14(18)19)3-6-13(12)17-8-9-1-4-11(16)5-2-9/h1-7,17H,8H2,(H,18,19). The third-order valence-electron chi connectivity index (χ3n) is 2.61. The summed E-state index contributed by atoms with van der Waals surface area (Å²) < 4.78 is 13.4. The maximum absolute atomic E-state index is 12.8. The number of carboxylic acid groups (broad SMARTS) is 1. The molecule has 2 rings (SSSR count). The second kappa shape index (κ2) is 5.84. The summed E-state index contributed by atoms with van der Waals surface area (Å²) in [5.41, 5.74) is 1.95. The maximum Gasteiger partial charge on any atom is 0.335 e. The summed E-state index contributed by atoms with van der Waals surface area (Å²) in [6.45, 7) is 0.533. The lowest BCUT2D eigenvalue weighted by Crippen LogP contribution is -2.02. The normalized spacial score (nSPS) is 10.2. The van der Waals surface area contributed by atoms with Gasteiger partial charge < -0.3 is 10.4 Å². The zero-order valence-electron chi connectivity index (χ0n) is 9.86. The lowest BCUT2D eigenvalue weighted by atomic mass is 10.2. The van der Waals surface area contributed by atoms with Gasteiger partial charge in [0.1, 0.15) is 5.82 Å². The summed E-state index contributed by atoms with van der Waals surface area (Å²) in [4.78, 5) is 10.8. The molecular weight excluding hydrogens is 313 g/mol. The van der Waals surface area contributed by atoms with E-state index in [1.54, 1.807) is 18.2 Å². The Morgan fingerprint density at radius 1 is 1.21 bits per heavy atom. The Labute approximate surface area is 118 Å². The molecular formula is C14H11BrFNO2. The molecule has 0 aliphatic carbocycles. The first-order valence-corrected chi connectivity index (χ1v) is 6.37. The molecule has 2 N–H and O–H groups in total. The molecule has 19 heavy (non-hydrogen) atoms. The van der Waals surface area contributed by atoms with Gasteiger partial charge in [-0.1, -0.05) is 12.1 Å². The summed E-state index contributed by atoms with van der Waals surface area (Å²) in [5, 5.41) is 12.0. The second-order valence-corrected chi connectivity index (χ2v) is 4.83. The number of rotatable bonds is 4. The summed E-state index contributed by atoms with van der Waals surface area (Å²) >= 11 is 3.31. The van der Waals surface area contributed by atoms with Crippen molar-refractivity contribution in [3.63, 3.8) is 0 Å². The first kappa shape index (κ1) is 13.5. The van der Waals surface area contributed by atoms with Crippen LogP contribution in [0.4, 0.5) is 10.1 Å². The molecule has 0 aliphatic heterocycles.